The molecule has 4 rings (SSSR count). The minimum absolute atomic E-state index is 0.103. The van der Waals surface area contributed by atoms with E-state index in [2.05, 4.69) is 20.7 Å². The van der Waals surface area contributed by atoms with Crippen LogP contribution in [-0.4, -0.2) is 46.5 Å². The number of aryl methyl sites for hydroxylation is 1. The van der Waals surface area contributed by atoms with Gasteiger partial charge >= 0.3 is 6.03 Å². The predicted molar refractivity (Wildman–Crippen MR) is 116 cm³/mol. The molecule has 9 heteroatoms. The molecular formula is C22H24N6O3. The van der Waals surface area contributed by atoms with Crippen molar-refractivity contribution < 1.29 is 14.3 Å². The second-order valence-corrected chi connectivity index (χ2v) is 7.22. The van der Waals surface area contributed by atoms with Crippen molar-refractivity contribution in [2.75, 3.05) is 30.0 Å². The van der Waals surface area contributed by atoms with Gasteiger partial charge in [0.15, 0.2) is 5.82 Å². The van der Waals surface area contributed by atoms with Crippen molar-refractivity contribution in [3.8, 4) is 5.69 Å². The number of anilines is 2. The van der Waals surface area contributed by atoms with Gasteiger partial charge in [-0.1, -0.05) is 12.1 Å². The quantitative estimate of drug-likeness (QED) is 0.639. The van der Waals surface area contributed by atoms with Gasteiger partial charge in [-0.25, -0.2) is 14.5 Å². The molecule has 2 N–H and O–H groups in total. The topological polar surface area (TPSA) is 101 Å². The van der Waals surface area contributed by atoms with E-state index in [0.717, 1.165) is 16.8 Å². The predicted octanol–water partition coefficient (Wildman–Crippen LogP) is 2.82. The lowest BCUT2D eigenvalue weighted by molar-refractivity contribution is -0.115. The van der Waals surface area contributed by atoms with Crippen molar-refractivity contribution in [1.29, 1.82) is 0 Å². The average Bonchev–Trinajstić information content (AvgIpc) is 3.30. The molecule has 0 bridgehead atoms. The summed E-state index contributed by atoms with van der Waals surface area (Å²) >= 11 is 0. The molecule has 2 aromatic heterocycles. The average molecular weight is 420 g/mol. The number of hydrogen-bond donors (Lipinski definition) is 2. The Bertz CT molecular complexity index is 1070. The van der Waals surface area contributed by atoms with Crippen LogP contribution >= 0.6 is 0 Å². The molecule has 0 fully saturated rings. The zero-order valence-electron chi connectivity index (χ0n) is 17.4. The molecule has 3 heterocycles. The van der Waals surface area contributed by atoms with Crippen LogP contribution in [0.2, 0.25) is 0 Å². The highest BCUT2D eigenvalue weighted by Crippen LogP contribution is 2.28. The number of amides is 3. The Balaban J connectivity index is 1.55. The highest BCUT2D eigenvalue weighted by Gasteiger charge is 2.30. The summed E-state index contributed by atoms with van der Waals surface area (Å²) in [6.07, 6.45) is 5.25. The Hall–Kier alpha value is -3.72. The summed E-state index contributed by atoms with van der Waals surface area (Å²) in [6, 6.07) is 10.6. The molecule has 1 aliphatic rings. The number of nitrogens with zero attached hydrogens (tertiary/aromatic N) is 4. The summed E-state index contributed by atoms with van der Waals surface area (Å²) in [5.41, 5.74) is 3.22. The van der Waals surface area contributed by atoms with E-state index in [9.17, 15) is 9.59 Å². The first kappa shape index (κ1) is 20.5. The maximum atomic E-state index is 13.1. The molecule has 1 unspecified atom stereocenters. The van der Waals surface area contributed by atoms with E-state index in [1.807, 2.05) is 50.4 Å². The van der Waals surface area contributed by atoms with Gasteiger partial charge in [0.05, 0.1) is 24.0 Å². The summed E-state index contributed by atoms with van der Waals surface area (Å²) in [4.78, 5) is 31.0. The van der Waals surface area contributed by atoms with Gasteiger partial charge in [0, 0.05) is 25.2 Å². The molecular weight excluding hydrogens is 396 g/mol. The Morgan fingerprint density at radius 1 is 1.32 bits per heavy atom. The summed E-state index contributed by atoms with van der Waals surface area (Å²) in [5, 5.41) is 9.98. The Morgan fingerprint density at radius 2 is 2.13 bits per heavy atom. The molecule has 1 aliphatic heterocycles. The van der Waals surface area contributed by atoms with Gasteiger partial charge in [-0.05, 0) is 49.2 Å². The van der Waals surface area contributed by atoms with Gasteiger partial charge in [-0.3, -0.25) is 9.69 Å². The van der Waals surface area contributed by atoms with E-state index in [-0.39, 0.29) is 12.5 Å². The molecule has 0 saturated carbocycles. The van der Waals surface area contributed by atoms with Crippen LogP contribution in [0.4, 0.5) is 16.3 Å². The van der Waals surface area contributed by atoms with Crippen molar-refractivity contribution in [2.24, 2.45) is 0 Å². The Morgan fingerprint density at radius 3 is 2.84 bits per heavy atom. The number of urea groups is 1. The molecule has 0 saturated heterocycles. The van der Waals surface area contributed by atoms with Crippen LogP contribution in [0.1, 0.15) is 24.1 Å². The van der Waals surface area contributed by atoms with Crippen molar-refractivity contribution in [3.05, 3.63) is 66.1 Å². The monoisotopic (exact) mass is 420 g/mol. The number of rotatable bonds is 6. The fourth-order valence-corrected chi connectivity index (χ4v) is 3.41. The van der Waals surface area contributed by atoms with Crippen molar-refractivity contribution in [3.63, 3.8) is 0 Å². The molecule has 0 aliphatic carbocycles. The summed E-state index contributed by atoms with van der Waals surface area (Å²) in [5.74, 6) is 0.159. The highest BCUT2D eigenvalue weighted by atomic mass is 16.5. The number of pyridine rings is 1. The second kappa shape index (κ2) is 8.97. The number of benzene rings is 1. The fourth-order valence-electron chi connectivity index (χ4n) is 3.41. The van der Waals surface area contributed by atoms with E-state index in [4.69, 9.17) is 4.74 Å². The standard InChI is InChI=1S/C22H24N6O3/c1-3-31-14-19(16-5-7-17(8-6-16)28-10-4-9-24-28)26-22(30)27-13-20(29)25-18-11-15(2)12-23-21(18)27/h4-12,19H,3,13-14H2,1-2H3,(H,25,29)(H,26,30). The lowest BCUT2D eigenvalue weighted by atomic mass is 10.1. The van der Waals surface area contributed by atoms with E-state index >= 15 is 0 Å². The third-order valence-electron chi connectivity index (χ3n) is 4.93. The number of fused-ring (bicyclic) bond motifs is 1. The van der Waals surface area contributed by atoms with E-state index in [0.29, 0.717) is 24.7 Å². The van der Waals surface area contributed by atoms with Crippen molar-refractivity contribution in [1.82, 2.24) is 20.1 Å². The maximum Gasteiger partial charge on any atom is 0.324 e. The Labute approximate surface area is 180 Å². The maximum absolute atomic E-state index is 13.1. The van der Waals surface area contributed by atoms with Crippen LogP contribution in [0.25, 0.3) is 5.69 Å². The lowest BCUT2D eigenvalue weighted by Gasteiger charge is -2.30. The lowest BCUT2D eigenvalue weighted by Crippen LogP contribution is -2.49. The third-order valence-corrected chi connectivity index (χ3v) is 4.93. The molecule has 9 nitrogen and oxygen atoms in total. The van der Waals surface area contributed by atoms with E-state index < -0.39 is 12.1 Å². The van der Waals surface area contributed by atoms with E-state index in [1.165, 1.54) is 4.90 Å². The van der Waals surface area contributed by atoms with Gasteiger partial charge in [-0.2, -0.15) is 5.10 Å². The van der Waals surface area contributed by atoms with Crippen LogP contribution in [0, 0.1) is 6.92 Å². The van der Waals surface area contributed by atoms with Gasteiger partial charge in [0.25, 0.3) is 0 Å². The van der Waals surface area contributed by atoms with Gasteiger partial charge < -0.3 is 15.4 Å². The Kier molecular flexibility index (Phi) is 5.94. The van der Waals surface area contributed by atoms with Gasteiger partial charge in [-0.15, -0.1) is 0 Å². The van der Waals surface area contributed by atoms with Crippen LogP contribution in [0.15, 0.2) is 55.0 Å². The van der Waals surface area contributed by atoms with Crippen molar-refractivity contribution in [2.45, 2.75) is 19.9 Å². The SMILES string of the molecule is CCOCC(NC(=O)N1CC(=O)Nc2cc(C)cnc21)c1ccc(-n2cccn2)cc1. The molecule has 3 aromatic rings. The third kappa shape index (κ3) is 4.56. The first-order valence-corrected chi connectivity index (χ1v) is 10.1. The zero-order chi connectivity index (χ0) is 21.8. The molecule has 0 spiro atoms. The summed E-state index contributed by atoms with van der Waals surface area (Å²) < 4.78 is 7.36. The number of hydrogen-bond acceptors (Lipinski definition) is 5. The second-order valence-electron chi connectivity index (χ2n) is 7.22. The first-order valence-electron chi connectivity index (χ1n) is 10.1. The minimum atomic E-state index is -0.409. The first-order chi connectivity index (χ1) is 15.0. The van der Waals surface area contributed by atoms with E-state index in [1.54, 1.807) is 23.1 Å². The summed E-state index contributed by atoms with van der Waals surface area (Å²) in [6.45, 7) is 4.50. The molecule has 0 radical (unpaired) electrons. The molecule has 1 aromatic carbocycles. The number of aromatic nitrogens is 3. The normalized spacial score (nSPS) is 14.0. The van der Waals surface area contributed by atoms with Crippen LogP contribution < -0.4 is 15.5 Å². The largest absolute Gasteiger partial charge is 0.379 e. The van der Waals surface area contributed by atoms with Gasteiger partial charge in [0.1, 0.15) is 6.54 Å². The number of carbonyl (C=O) groups is 2. The molecule has 31 heavy (non-hydrogen) atoms. The van der Waals surface area contributed by atoms with Crippen LogP contribution in [0.5, 0.6) is 0 Å². The smallest absolute Gasteiger partial charge is 0.324 e. The van der Waals surface area contributed by atoms with Crippen molar-refractivity contribution >= 4 is 23.4 Å². The zero-order valence-corrected chi connectivity index (χ0v) is 17.4. The van der Waals surface area contributed by atoms with Crippen LogP contribution in [0.3, 0.4) is 0 Å². The molecule has 3 amide bonds. The minimum Gasteiger partial charge on any atom is -0.379 e. The fraction of sp³-hybridized carbons (Fsp3) is 0.273. The molecule has 160 valence electrons. The highest BCUT2D eigenvalue weighted by molar-refractivity contribution is 6.08. The number of ether oxygens (including phenoxy) is 1. The number of carbonyl (C=O) groups excluding carboxylic acids is 2. The van der Waals surface area contributed by atoms with Gasteiger partial charge in [0.2, 0.25) is 5.91 Å². The number of nitrogens with one attached hydrogen (secondary N) is 2. The van der Waals surface area contributed by atoms with Crippen LogP contribution in [-0.2, 0) is 9.53 Å². The molecule has 1 atom stereocenters. The summed E-state index contributed by atoms with van der Waals surface area (Å²) in [7, 11) is 0.